The highest BCUT2D eigenvalue weighted by Gasteiger charge is 2.24. The van der Waals surface area contributed by atoms with Crippen molar-refractivity contribution in [3.63, 3.8) is 0 Å². The van der Waals surface area contributed by atoms with E-state index >= 15 is 0 Å². The van der Waals surface area contributed by atoms with E-state index in [1.165, 1.54) is 18.2 Å². The fourth-order valence-corrected chi connectivity index (χ4v) is 3.65. The first-order valence-corrected chi connectivity index (χ1v) is 10.4. The lowest BCUT2D eigenvalue weighted by atomic mass is 10.00. The van der Waals surface area contributed by atoms with E-state index in [1.54, 1.807) is 0 Å². The maximum Gasteiger partial charge on any atom is 0.213 e. The Balaban J connectivity index is 1.47. The van der Waals surface area contributed by atoms with Crippen molar-refractivity contribution in [2.24, 2.45) is 4.99 Å². The van der Waals surface area contributed by atoms with Crippen LogP contribution in [-0.2, 0) is 0 Å². The summed E-state index contributed by atoms with van der Waals surface area (Å²) < 4.78 is 33.7. The molecule has 1 atom stereocenters. The summed E-state index contributed by atoms with van der Waals surface area (Å²) in [7, 11) is 0. The van der Waals surface area contributed by atoms with Crippen LogP contribution in [0.15, 0.2) is 65.8 Å². The molecule has 3 aromatic rings. The van der Waals surface area contributed by atoms with Gasteiger partial charge >= 0.3 is 0 Å². The molecule has 0 aliphatic carbocycles. The van der Waals surface area contributed by atoms with Crippen LogP contribution in [0.2, 0.25) is 0 Å². The Morgan fingerprint density at radius 3 is 2.37 bits per heavy atom. The van der Waals surface area contributed by atoms with Crippen molar-refractivity contribution in [2.45, 2.75) is 38.6 Å². The van der Waals surface area contributed by atoms with Crippen LogP contribution in [0.5, 0.6) is 5.88 Å². The van der Waals surface area contributed by atoms with Gasteiger partial charge in [0, 0.05) is 23.5 Å². The molecule has 0 unspecified atom stereocenters. The fraction of sp³-hybridized carbons (Fsp3) is 0.280. The Kier molecular flexibility index (Phi) is 6.17. The van der Waals surface area contributed by atoms with E-state index in [9.17, 15) is 8.78 Å². The maximum absolute atomic E-state index is 14.1. The van der Waals surface area contributed by atoms with Gasteiger partial charge in [0.2, 0.25) is 5.88 Å². The lowest BCUT2D eigenvalue weighted by Gasteiger charge is -2.09. The zero-order valence-corrected chi connectivity index (χ0v) is 16.9. The molecule has 2 aromatic carbocycles. The van der Waals surface area contributed by atoms with Crippen LogP contribution in [0.3, 0.4) is 0 Å². The number of aromatic nitrogens is 1. The van der Waals surface area contributed by atoms with Crippen molar-refractivity contribution in [1.29, 1.82) is 0 Å². The third-order valence-electron chi connectivity index (χ3n) is 5.33. The van der Waals surface area contributed by atoms with Gasteiger partial charge in [0.05, 0.1) is 18.2 Å². The minimum absolute atomic E-state index is 0.00365. The van der Waals surface area contributed by atoms with E-state index in [0.29, 0.717) is 24.6 Å². The Labute approximate surface area is 175 Å². The molecule has 0 saturated carbocycles. The molecule has 30 heavy (non-hydrogen) atoms. The van der Waals surface area contributed by atoms with E-state index in [0.717, 1.165) is 36.0 Å². The highest BCUT2D eigenvalue weighted by molar-refractivity contribution is 6.02. The Morgan fingerprint density at radius 2 is 1.70 bits per heavy atom. The van der Waals surface area contributed by atoms with Crippen molar-refractivity contribution in [3.05, 3.63) is 83.6 Å². The largest absolute Gasteiger partial charge is 0.478 e. The molecule has 1 aliphatic heterocycles. The van der Waals surface area contributed by atoms with Gasteiger partial charge in [0.1, 0.15) is 11.6 Å². The molecular formula is C25H24F2N2O. The number of aliphatic imine (C=N–C) groups is 1. The van der Waals surface area contributed by atoms with Gasteiger partial charge in [-0.15, -0.1) is 0 Å². The zero-order valence-electron chi connectivity index (χ0n) is 16.9. The number of hydrogen-bond donors (Lipinski definition) is 0. The predicted octanol–water partition coefficient (Wildman–Crippen LogP) is 6.53. The van der Waals surface area contributed by atoms with Crippen molar-refractivity contribution >= 4 is 5.71 Å². The summed E-state index contributed by atoms with van der Waals surface area (Å²) in [6, 6.07) is 15.8. The molecule has 1 aromatic heterocycles. The molecule has 0 spiro atoms. The molecule has 0 amide bonds. The fourth-order valence-electron chi connectivity index (χ4n) is 3.65. The van der Waals surface area contributed by atoms with Crippen LogP contribution >= 0.6 is 0 Å². The highest BCUT2D eigenvalue weighted by atomic mass is 19.1. The number of benzene rings is 2. The van der Waals surface area contributed by atoms with Crippen LogP contribution in [0.1, 0.15) is 49.8 Å². The van der Waals surface area contributed by atoms with Crippen molar-refractivity contribution in [2.75, 3.05) is 6.61 Å². The van der Waals surface area contributed by atoms with Gasteiger partial charge in [-0.3, -0.25) is 4.99 Å². The normalized spacial score (nSPS) is 15.8. The molecule has 154 valence electrons. The van der Waals surface area contributed by atoms with Crippen LogP contribution < -0.4 is 4.74 Å². The number of nitrogens with zero attached hydrogens (tertiary/aromatic N) is 2. The lowest BCUT2D eigenvalue weighted by Crippen LogP contribution is -2.03. The monoisotopic (exact) mass is 406 g/mol. The standard InChI is InChI=1S/C25H24F2N2O/c1-2-3-15-30-24-14-11-19(16-28-24)17-7-9-18(10-8-17)22-12-13-23(29-22)25-20(26)5-4-6-21(25)27/h4-11,14,16,22H,2-3,12-13,15H2,1H3/t22-/m1/s1. The van der Waals surface area contributed by atoms with Crippen LogP contribution in [0.4, 0.5) is 8.78 Å². The average molecular weight is 406 g/mol. The van der Waals surface area contributed by atoms with E-state index in [1.807, 2.05) is 42.6 Å². The molecule has 0 fully saturated rings. The number of hydrogen-bond acceptors (Lipinski definition) is 3. The van der Waals surface area contributed by atoms with Crippen LogP contribution in [-0.4, -0.2) is 17.3 Å². The SMILES string of the molecule is CCCCOc1ccc(-c2ccc([C@H]3CCC(c4c(F)cccc4F)=N3)cc2)cn1. The van der Waals surface area contributed by atoms with E-state index in [-0.39, 0.29) is 11.6 Å². The topological polar surface area (TPSA) is 34.5 Å². The van der Waals surface area contributed by atoms with Crippen molar-refractivity contribution < 1.29 is 13.5 Å². The lowest BCUT2D eigenvalue weighted by molar-refractivity contribution is 0.298. The van der Waals surface area contributed by atoms with E-state index in [2.05, 4.69) is 16.9 Å². The minimum Gasteiger partial charge on any atom is -0.478 e. The number of ether oxygens (including phenoxy) is 1. The van der Waals surface area contributed by atoms with Gasteiger partial charge < -0.3 is 4.74 Å². The average Bonchev–Trinajstić information content (AvgIpc) is 3.24. The van der Waals surface area contributed by atoms with Gasteiger partial charge in [-0.05, 0) is 48.6 Å². The summed E-state index contributed by atoms with van der Waals surface area (Å²) in [5, 5.41) is 0. The molecule has 3 nitrogen and oxygen atoms in total. The summed E-state index contributed by atoms with van der Waals surface area (Å²) in [4.78, 5) is 8.98. The summed E-state index contributed by atoms with van der Waals surface area (Å²) in [5.41, 5.74) is 3.60. The molecule has 1 aliphatic rings. The number of halogens is 2. The molecule has 0 radical (unpaired) electrons. The number of unbranched alkanes of at least 4 members (excludes halogenated alkanes) is 1. The van der Waals surface area contributed by atoms with Gasteiger partial charge in [-0.2, -0.15) is 0 Å². The highest BCUT2D eigenvalue weighted by Crippen LogP contribution is 2.33. The Bertz CT molecular complexity index is 1010. The van der Waals surface area contributed by atoms with Crippen LogP contribution in [0.25, 0.3) is 11.1 Å². The summed E-state index contributed by atoms with van der Waals surface area (Å²) in [5.74, 6) is -0.476. The minimum atomic E-state index is -0.556. The first kappa shape index (κ1) is 20.2. The van der Waals surface area contributed by atoms with Gasteiger partial charge in [-0.25, -0.2) is 13.8 Å². The zero-order chi connectivity index (χ0) is 20.9. The van der Waals surface area contributed by atoms with Gasteiger partial charge in [0.25, 0.3) is 0 Å². The van der Waals surface area contributed by atoms with Crippen molar-refractivity contribution in [3.8, 4) is 17.0 Å². The molecule has 5 heteroatoms. The smallest absolute Gasteiger partial charge is 0.213 e. The van der Waals surface area contributed by atoms with E-state index in [4.69, 9.17) is 4.74 Å². The van der Waals surface area contributed by atoms with Gasteiger partial charge in [0.15, 0.2) is 0 Å². The molecular weight excluding hydrogens is 382 g/mol. The molecule has 4 rings (SSSR count). The number of rotatable bonds is 7. The third-order valence-corrected chi connectivity index (χ3v) is 5.33. The molecule has 0 saturated heterocycles. The number of pyridine rings is 1. The Morgan fingerprint density at radius 1 is 0.967 bits per heavy atom. The van der Waals surface area contributed by atoms with Crippen LogP contribution in [0, 0.1) is 11.6 Å². The first-order chi connectivity index (χ1) is 14.7. The second-order valence-electron chi connectivity index (χ2n) is 7.44. The van der Waals surface area contributed by atoms with Crippen molar-refractivity contribution in [1.82, 2.24) is 4.98 Å². The molecule has 0 bridgehead atoms. The summed E-state index contributed by atoms with van der Waals surface area (Å²) in [6.07, 6.45) is 5.22. The molecule has 2 heterocycles. The summed E-state index contributed by atoms with van der Waals surface area (Å²) >= 11 is 0. The Hall–Kier alpha value is -3.08. The van der Waals surface area contributed by atoms with E-state index < -0.39 is 11.6 Å². The quantitative estimate of drug-likeness (QED) is 0.418. The maximum atomic E-state index is 14.1. The molecule has 0 N–H and O–H groups in total. The second-order valence-corrected chi connectivity index (χ2v) is 7.44. The first-order valence-electron chi connectivity index (χ1n) is 10.4. The predicted molar refractivity (Wildman–Crippen MR) is 115 cm³/mol. The van der Waals surface area contributed by atoms with Gasteiger partial charge in [-0.1, -0.05) is 43.7 Å². The second kappa shape index (κ2) is 9.16. The third kappa shape index (κ3) is 4.40. The summed E-state index contributed by atoms with van der Waals surface area (Å²) in [6.45, 7) is 2.80.